The van der Waals surface area contributed by atoms with Gasteiger partial charge in [-0.3, -0.25) is 0 Å². The molecule has 1 N–H and O–H groups in total. The first kappa shape index (κ1) is 12.2. The fraction of sp³-hybridized carbons (Fsp3) is 0.100. The van der Waals surface area contributed by atoms with Gasteiger partial charge in [0.05, 0.1) is 10.4 Å². The summed E-state index contributed by atoms with van der Waals surface area (Å²) in [6.07, 6.45) is -1.00. The van der Waals surface area contributed by atoms with Crippen molar-refractivity contribution in [2.45, 2.75) is 6.10 Å². The summed E-state index contributed by atoms with van der Waals surface area (Å²) >= 11 is 7.73. The topological polar surface area (TPSA) is 33.1 Å². The average molecular weight is 367 g/mol. The zero-order valence-electron chi connectivity index (χ0n) is 7.82. The molecule has 0 saturated carbocycles. The van der Waals surface area contributed by atoms with Crippen molar-refractivity contribution >= 4 is 43.2 Å². The van der Waals surface area contributed by atoms with Crippen molar-refractivity contribution < 1.29 is 9.50 Å². The molecule has 1 aromatic heterocycles. The number of thiazole rings is 1. The monoisotopic (exact) mass is 365 g/mol. The molecule has 1 atom stereocenters. The van der Waals surface area contributed by atoms with E-state index in [1.165, 1.54) is 17.4 Å². The molecule has 0 saturated heterocycles. The highest BCUT2D eigenvalue weighted by Gasteiger charge is 2.19. The van der Waals surface area contributed by atoms with Gasteiger partial charge in [-0.15, -0.1) is 11.3 Å². The smallest absolute Gasteiger partial charge is 0.129 e. The van der Waals surface area contributed by atoms with E-state index >= 15 is 0 Å². The van der Waals surface area contributed by atoms with Crippen LogP contribution < -0.4 is 0 Å². The van der Waals surface area contributed by atoms with Crippen molar-refractivity contribution in [2.75, 3.05) is 0 Å². The molecule has 0 spiro atoms. The Morgan fingerprint density at radius 2 is 2.12 bits per heavy atom. The number of halogens is 3. The van der Waals surface area contributed by atoms with Crippen molar-refractivity contribution in [1.29, 1.82) is 0 Å². The van der Waals surface area contributed by atoms with Crippen LogP contribution in [0.4, 0.5) is 4.39 Å². The molecule has 2 aromatic rings. The lowest BCUT2D eigenvalue weighted by molar-refractivity contribution is 0.217. The van der Waals surface area contributed by atoms with E-state index in [0.717, 1.165) is 4.47 Å². The minimum Gasteiger partial charge on any atom is -0.383 e. The Morgan fingerprint density at radius 1 is 1.38 bits per heavy atom. The van der Waals surface area contributed by atoms with Crippen molar-refractivity contribution in [3.05, 3.63) is 49.0 Å². The summed E-state index contributed by atoms with van der Waals surface area (Å²) in [4.78, 5) is 4.55. The van der Waals surface area contributed by atoms with Gasteiger partial charge in [-0.05, 0) is 34.1 Å². The number of benzene rings is 1. The van der Waals surface area contributed by atoms with Crippen LogP contribution in [0, 0.1) is 5.82 Å². The van der Waals surface area contributed by atoms with Crippen LogP contribution in [0.15, 0.2) is 32.8 Å². The van der Waals surface area contributed by atoms with Gasteiger partial charge in [-0.1, -0.05) is 15.9 Å². The highest BCUT2D eigenvalue weighted by molar-refractivity contribution is 9.10. The number of aliphatic hydroxyl groups excluding tert-OH is 1. The SMILES string of the molecule is OC(c1cc(Br)ccc1F)c1scnc1Br. The van der Waals surface area contributed by atoms with E-state index in [0.29, 0.717) is 9.48 Å². The van der Waals surface area contributed by atoms with Gasteiger partial charge in [0.15, 0.2) is 0 Å². The highest BCUT2D eigenvalue weighted by atomic mass is 79.9. The van der Waals surface area contributed by atoms with Crippen molar-refractivity contribution in [2.24, 2.45) is 0 Å². The second-order valence-corrected chi connectivity index (χ2v) is 5.63. The molecule has 1 unspecified atom stereocenters. The summed E-state index contributed by atoms with van der Waals surface area (Å²) < 4.78 is 14.8. The van der Waals surface area contributed by atoms with Crippen LogP contribution in [0.3, 0.4) is 0 Å². The van der Waals surface area contributed by atoms with E-state index < -0.39 is 11.9 Å². The van der Waals surface area contributed by atoms with E-state index in [1.807, 2.05) is 0 Å². The van der Waals surface area contributed by atoms with E-state index in [1.54, 1.807) is 17.6 Å². The summed E-state index contributed by atoms with van der Waals surface area (Å²) in [6, 6.07) is 4.47. The van der Waals surface area contributed by atoms with E-state index in [4.69, 9.17) is 0 Å². The van der Waals surface area contributed by atoms with E-state index in [2.05, 4.69) is 36.8 Å². The molecule has 1 aromatic carbocycles. The number of aliphatic hydroxyl groups is 1. The number of rotatable bonds is 2. The maximum atomic E-state index is 13.5. The van der Waals surface area contributed by atoms with Crippen molar-refractivity contribution in [3.63, 3.8) is 0 Å². The minimum absolute atomic E-state index is 0.235. The third-order valence-electron chi connectivity index (χ3n) is 2.05. The number of nitrogens with zero attached hydrogens (tertiary/aromatic N) is 1. The van der Waals surface area contributed by atoms with Gasteiger partial charge in [0.2, 0.25) is 0 Å². The second-order valence-electron chi connectivity index (χ2n) is 3.08. The van der Waals surface area contributed by atoms with E-state index in [9.17, 15) is 9.50 Å². The van der Waals surface area contributed by atoms with Crippen molar-refractivity contribution in [1.82, 2.24) is 4.98 Å². The fourth-order valence-electron chi connectivity index (χ4n) is 1.28. The summed E-state index contributed by atoms with van der Waals surface area (Å²) in [5.74, 6) is -0.434. The Hall–Kier alpha value is -0.300. The van der Waals surface area contributed by atoms with Gasteiger partial charge < -0.3 is 5.11 Å². The number of hydrogen-bond acceptors (Lipinski definition) is 3. The summed E-state index contributed by atoms with van der Waals surface area (Å²) in [5, 5.41) is 10.0. The normalized spacial score (nSPS) is 12.8. The van der Waals surface area contributed by atoms with Gasteiger partial charge in [-0.2, -0.15) is 0 Å². The molecule has 0 aliphatic heterocycles. The van der Waals surface area contributed by atoms with Crippen LogP contribution in [-0.2, 0) is 0 Å². The molecule has 84 valence electrons. The maximum Gasteiger partial charge on any atom is 0.129 e. The van der Waals surface area contributed by atoms with Crippen LogP contribution in [0.25, 0.3) is 0 Å². The Morgan fingerprint density at radius 3 is 2.75 bits per heavy atom. The lowest BCUT2D eigenvalue weighted by Crippen LogP contribution is -2.01. The predicted octanol–water partition coefficient (Wildman–Crippen LogP) is 3.89. The third kappa shape index (κ3) is 2.34. The molecule has 6 heteroatoms. The molecule has 0 aliphatic rings. The summed E-state index contributed by atoms with van der Waals surface area (Å²) in [7, 11) is 0. The Bertz CT molecular complexity index is 517. The largest absolute Gasteiger partial charge is 0.383 e. The first-order chi connectivity index (χ1) is 7.59. The zero-order chi connectivity index (χ0) is 11.7. The first-order valence-electron chi connectivity index (χ1n) is 4.31. The Balaban J connectivity index is 2.45. The average Bonchev–Trinajstić information content (AvgIpc) is 2.67. The summed E-state index contributed by atoms with van der Waals surface area (Å²) in [6.45, 7) is 0. The molecule has 0 bridgehead atoms. The second kappa shape index (κ2) is 4.91. The summed E-state index contributed by atoms with van der Waals surface area (Å²) in [5.41, 5.74) is 1.83. The molecule has 2 nitrogen and oxygen atoms in total. The number of aromatic nitrogens is 1. The van der Waals surface area contributed by atoms with Crippen LogP contribution >= 0.6 is 43.2 Å². The standard InChI is InChI=1S/C10H6Br2FNOS/c11-5-1-2-7(13)6(3-5)8(15)9-10(12)14-4-16-9/h1-4,8,15H. The van der Waals surface area contributed by atoms with Gasteiger partial charge in [0.25, 0.3) is 0 Å². The Labute approximate surface area is 112 Å². The molecule has 16 heavy (non-hydrogen) atoms. The van der Waals surface area contributed by atoms with Gasteiger partial charge in [-0.25, -0.2) is 9.37 Å². The Kier molecular flexibility index (Phi) is 3.73. The highest BCUT2D eigenvalue weighted by Crippen LogP contribution is 2.33. The van der Waals surface area contributed by atoms with Crippen LogP contribution in [-0.4, -0.2) is 10.1 Å². The first-order valence-corrected chi connectivity index (χ1v) is 6.78. The van der Waals surface area contributed by atoms with Crippen LogP contribution in [0.5, 0.6) is 0 Å². The lowest BCUT2D eigenvalue weighted by Gasteiger charge is -2.10. The lowest BCUT2D eigenvalue weighted by atomic mass is 10.1. The quantitative estimate of drug-likeness (QED) is 0.874. The van der Waals surface area contributed by atoms with Crippen molar-refractivity contribution in [3.8, 4) is 0 Å². The molecular formula is C10H6Br2FNOS. The molecule has 0 amide bonds. The van der Waals surface area contributed by atoms with Gasteiger partial charge in [0, 0.05) is 10.0 Å². The van der Waals surface area contributed by atoms with Gasteiger partial charge >= 0.3 is 0 Å². The predicted molar refractivity (Wildman–Crippen MR) is 68.0 cm³/mol. The maximum absolute atomic E-state index is 13.5. The molecular weight excluding hydrogens is 361 g/mol. The van der Waals surface area contributed by atoms with E-state index in [-0.39, 0.29) is 5.56 Å². The molecule has 1 heterocycles. The van der Waals surface area contributed by atoms with Crippen LogP contribution in [0.1, 0.15) is 16.5 Å². The van der Waals surface area contributed by atoms with Crippen LogP contribution in [0.2, 0.25) is 0 Å². The molecule has 0 radical (unpaired) electrons. The fourth-order valence-corrected chi connectivity index (χ4v) is 3.08. The number of hydrogen-bond donors (Lipinski definition) is 1. The molecule has 0 fully saturated rings. The minimum atomic E-state index is -1.00. The zero-order valence-corrected chi connectivity index (χ0v) is 11.8. The van der Waals surface area contributed by atoms with Gasteiger partial charge in [0.1, 0.15) is 16.5 Å². The third-order valence-corrected chi connectivity index (χ3v) is 4.32. The molecule has 0 aliphatic carbocycles. The molecule has 2 rings (SSSR count).